The molecule has 1 amide bonds. The molecule has 27 heavy (non-hydrogen) atoms. The van der Waals surface area contributed by atoms with E-state index in [9.17, 15) is 4.79 Å². The van der Waals surface area contributed by atoms with E-state index < -0.39 is 0 Å². The summed E-state index contributed by atoms with van der Waals surface area (Å²) in [5, 5.41) is 11.4. The Balaban J connectivity index is 1.36. The molecule has 1 saturated heterocycles. The second kappa shape index (κ2) is 7.58. The minimum absolute atomic E-state index is 0.0579. The number of carbonyl (C=O) groups is 1. The monoisotopic (exact) mass is 382 g/mol. The van der Waals surface area contributed by atoms with Crippen LogP contribution in [0.2, 0.25) is 0 Å². The van der Waals surface area contributed by atoms with Crippen LogP contribution >= 0.6 is 11.3 Å². The normalized spacial score (nSPS) is 15.3. The molecular weight excluding hydrogens is 360 g/mol. The van der Waals surface area contributed by atoms with E-state index in [1.165, 1.54) is 5.56 Å². The second-order valence-electron chi connectivity index (χ2n) is 6.81. The minimum Gasteiger partial charge on any atom is -0.335 e. The quantitative estimate of drug-likeness (QED) is 0.693. The topological polar surface area (TPSA) is 67.2 Å². The highest BCUT2D eigenvalue weighted by Gasteiger charge is 2.24. The molecule has 1 aliphatic heterocycles. The lowest BCUT2D eigenvalue weighted by Gasteiger charge is -2.33. The predicted molar refractivity (Wildman–Crippen MR) is 104 cm³/mol. The molecule has 2 aromatic heterocycles. The number of thiazole rings is 1. The van der Waals surface area contributed by atoms with Crippen LogP contribution in [0.15, 0.2) is 35.8 Å². The van der Waals surface area contributed by atoms with Gasteiger partial charge in [0, 0.05) is 38.1 Å². The molecule has 1 aromatic carbocycles. The molecule has 3 heterocycles. The Morgan fingerprint density at radius 2 is 1.85 bits per heavy atom. The number of carbonyl (C=O) groups excluding carboxylic acids is 1. The van der Waals surface area contributed by atoms with Crippen molar-refractivity contribution in [1.29, 1.82) is 0 Å². The molecule has 140 valence electrons. The zero-order chi connectivity index (χ0) is 18.8. The summed E-state index contributed by atoms with van der Waals surface area (Å²) in [6, 6.07) is 7.97. The smallest absolute Gasteiger partial charge is 0.276 e. The van der Waals surface area contributed by atoms with Crippen molar-refractivity contribution in [3.05, 3.63) is 57.8 Å². The van der Waals surface area contributed by atoms with Gasteiger partial charge in [0.25, 0.3) is 5.91 Å². The van der Waals surface area contributed by atoms with Crippen LogP contribution < -0.4 is 0 Å². The predicted octanol–water partition coefficient (Wildman–Crippen LogP) is 2.30. The third-order valence-electron chi connectivity index (χ3n) is 4.72. The molecule has 1 fully saturated rings. The fourth-order valence-electron chi connectivity index (χ4n) is 3.17. The van der Waals surface area contributed by atoms with Crippen LogP contribution in [0.5, 0.6) is 0 Å². The number of piperazine rings is 1. The summed E-state index contributed by atoms with van der Waals surface area (Å²) in [7, 11) is 0. The lowest BCUT2D eigenvalue weighted by molar-refractivity contribution is 0.0621. The summed E-state index contributed by atoms with van der Waals surface area (Å²) < 4.78 is 1.65. The highest BCUT2D eigenvalue weighted by Crippen LogP contribution is 2.14. The van der Waals surface area contributed by atoms with Crippen LogP contribution in [0, 0.1) is 13.8 Å². The van der Waals surface area contributed by atoms with Gasteiger partial charge in [0.05, 0.1) is 22.6 Å². The largest absolute Gasteiger partial charge is 0.335 e. The van der Waals surface area contributed by atoms with Crippen molar-refractivity contribution in [2.75, 3.05) is 26.2 Å². The molecule has 0 radical (unpaired) electrons. The van der Waals surface area contributed by atoms with E-state index >= 15 is 0 Å². The van der Waals surface area contributed by atoms with Gasteiger partial charge in [0.2, 0.25) is 0 Å². The molecule has 8 heteroatoms. The molecule has 7 nitrogen and oxygen atoms in total. The summed E-state index contributed by atoms with van der Waals surface area (Å²) >= 11 is 1.68. The Morgan fingerprint density at radius 1 is 1.11 bits per heavy atom. The minimum atomic E-state index is -0.0579. The van der Waals surface area contributed by atoms with E-state index in [-0.39, 0.29) is 5.91 Å². The van der Waals surface area contributed by atoms with Gasteiger partial charge in [0.1, 0.15) is 0 Å². The van der Waals surface area contributed by atoms with Crippen molar-refractivity contribution in [2.24, 2.45) is 0 Å². The zero-order valence-corrected chi connectivity index (χ0v) is 16.3. The first-order valence-corrected chi connectivity index (χ1v) is 9.88. The Morgan fingerprint density at radius 3 is 2.52 bits per heavy atom. The first-order valence-electron chi connectivity index (χ1n) is 9.00. The maximum absolute atomic E-state index is 12.7. The molecular formula is C19H22N6OS. The molecule has 0 unspecified atom stereocenters. The molecule has 0 N–H and O–H groups in total. The van der Waals surface area contributed by atoms with Crippen LogP contribution in [0.25, 0.3) is 5.69 Å². The summed E-state index contributed by atoms with van der Waals surface area (Å²) in [6.45, 7) is 7.97. The first-order chi connectivity index (χ1) is 13.1. The van der Waals surface area contributed by atoms with Crippen LogP contribution in [-0.2, 0) is 6.54 Å². The van der Waals surface area contributed by atoms with Gasteiger partial charge in [-0.05, 0) is 26.0 Å². The summed E-state index contributed by atoms with van der Waals surface area (Å²) in [5.41, 5.74) is 3.58. The fraction of sp³-hybridized carbons (Fsp3) is 0.368. The van der Waals surface area contributed by atoms with Gasteiger partial charge < -0.3 is 4.90 Å². The van der Waals surface area contributed by atoms with Gasteiger partial charge in [0.15, 0.2) is 5.69 Å². The summed E-state index contributed by atoms with van der Waals surface area (Å²) in [4.78, 5) is 21.5. The Kier molecular flexibility index (Phi) is 5.00. The number of nitrogens with zero attached hydrogens (tertiary/aromatic N) is 6. The van der Waals surface area contributed by atoms with E-state index in [1.54, 1.807) is 22.2 Å². The Bertz CT molecular complexity index is 924. The SMILES string of the molecule is Cc1ccc(-n2cc(C(=O)N3CCN(Cc4csc(C)n4)CC3)nn2)cc1. The van der Waals surface area contributed by atoms with Crippen molar-refractivity contribution in [2.45, 2.75) is 20.4 Å². The maximum atomic E-state index is 12.7. The van der Waals surface area contributed by atoms with Gasteiger partial charge in [-0.15, -0.1) is 16.4 Å². The molecule has 0 atom stereocenters. The molecule has 0 aliphatic carbocycles. The van der Waals surface area contributed by atoms with Crippen molar-refractivity contribution < 1.29 is 4.79 Å². The maximum Gasteiger partial charge on any atom is 0.276 e. The highest BCUT2D eigenvalue weighted by atomic mass is 32.1. The number of amides is 1. The number of rotatable bonds is 4. The van der Waals surface area contributed by atoms with Crippen LogP contribution in [-0.4, -0.2) is 61.9 Å². The van der Waals surface area contributed by atoms with E-state index in [1.807, 2.05) is 43.0 Å². The molecule has 0 spiro atoms. The third kappa shape index (κ3) is 4.06. The summed E-state index contributed by atoms with van der Waals surface area (Å²) in [5.74, 6) is -0.0579. The molecule has 1 aliphatic rings. The number of benzene rings is 1. The lowest BCUT2D eigenvalue weighted by atomic mass is 10.2. The summed E-state index contributed by atoms with van der Waals surface area (Å²) in [6.07, 6.45) is 1.71. The van der Waals surface area contributed by atoms with Crippen molar-refractivity contribution in [3.8, 4) is 5.69 Å². The number of aromatic nitrogens is 4. The van der Waals surface area contributed by atoms with Crippen LogP contribution in [0.3, 0.4) is 0 Å². The average molecular weight is 382 g/mol. The van der Waals surface area contributed by atoms with E-state index in [0.717, 1.165) is 36.0 Å². The number of hydrogen-bond acceptors (Lipinski definition) is 6. The fourth-order valence-corrected chi connectivity index (χ4v) is 3.77. The van der Waals surface area contributed by atoms with E-state index in [2.05, 4.69) is 25.6 Å². The number of aryl methyl sites for hydroxylation is 2. The van der Waals surface area contributed by atoms with Crippen LogP contribution in [0.1, 0.15) is 26.8 Å². The van der Waals surface area contributed by atoms with Crippen molar-refractivity contribution >= 4 is 17.2 Å². The van der Waals surface area contributed by atoms with E-state index in [4.69, 9.17) is 0 Å². The Labute approximate surface area is 162 Å². The molecule has 4 rings (SSSR count). The Hall–Kier alpha value is -2.58. The molecule has 0 bridgehead atoms. The van der Waals surface area contributed by atoms with Crippen molar-refractivity contribution in [3.63, 3.8) is 0 Å². The highest BCUT2D eigenvalue weighted by molar-refractivity contribution is 7.09. The number of hydrogen-bond donors (Lipinski definition) is 0. The second-order valence-corrected chi connectivity index (χ2v) is 7.87. The van der Waals surface area contributed by atoms with Gasteiger partial charge >= 0.3 is 0 Å². The molecule has 0 saturated carbocycles. The van der Waals surface area contributed by atoms with Gasteiger partial charge in [-0.1, -0.05) is 22.9 Å². The van der Waals surface area contributed by atoms with Crippen molar-refractivity contribution in [1.82, 2.24) is 29.8 Å². The standard InChI is InChI=1S/C19H22N6OS/c1-14-3-5-17(6-4-14)25-12-18(21-22-25)19(26)24-9-7-23(8-10-24)11-16-13-27-15(2)20-16/h3-6,12-13H,7-11H2,1-2H3. The van der Waals surface area contributed by atoms with E-state index in [0.29, 0.717) is 18.8 Å². The van der Waals surface area contributed by atoms with Crippen LogP contribution in [0.4, 0.5) is 0 Å². The lowest BCUT2D eigenvalue weighted by Crippen LogP contribution is -2.48. The first kappa shape index (κ1) is 17.8. The zero-order valence-electron chi connectivity index (χ0n) is 15.5. The van der Waals surface area contributed by atoms with Gasteiger partial charge in [-0.25, -0.2) is 9.67 Å². The third-order valence-corrected chi connectivity index (χ3v) is 5.55. The average Bonchev–Trinajstić information content (AvgIpc) is 3.32. The molecule has 3 aromatic rings. The van der Waals surface area contributed by atoms with Gasteiger partial charge in [-0.2, -0.15) is 0 Å². The van der Waals surface area contributed by atoms with Gasteiger partial charge in [-0.3, -0.25) is 9.69 Å².